The molecule has 14 heteroatoms. The van der Waals surface area contributed by atoms with Gasteiger partial charge in [-0.3, -0.25) is 28.6 Å². The third-order valence-electron chi connectivity index (χ3n) is 7.46. The van der Waals surface area contributed by atoms with E-state index in [9.17, 15) is 18.0 Å². The number of para-hydroxylation sites is 1. The summed E-state index contributed by atoms with van der Waals surface area (Å²) in [6.45, 7) is 2.87. The van der Waals surface area contributed by atoms with Gasteiger partial charge in [-0.2, -0.15) is 0 Å². The summed E-state index contributed by atoms with van der Waals surface area (Å²) in [5, 5.41) is 8.61. The number of nitrogens with zero attached hydrogens (tertiary/aromatic N) is 5. The fraction of sp³-hybridized carbons (Fsp3) is 0.250. The summed E-state index contributed by atoms with van der Waals surface area (Å²) < 4.78 is 32.6. The van der Waals surface area contributed by atoms with E-state index >= 15 is 0 Å². The van der Waals surface area contributed by atoms with Crippen LogP contribution in [0, 0.1) is 5.41 Å². The minimum Gasteiger partial charge on any atom is -0.384 e. The Balaban J connectivity index is 0.00000288. The van der Waals surface area contributed by atoms with Gasteiger partial charge in [0, 0.05) is 36.8 Å². The van der Waals surface area contributed by atoms with Crippen LogP contribution in [0.1, 0.15) is 24.5 Å². The topological polar surface area (TPSA) is 147 Å². The van der Waals surface area contributed by atoms with Gasteiger partial charge >= 0.3 is 5.69 Å². The molecule has 0 aliphatic rings. The molecule has 0 saturated heterocycles. The molecule has 0 amide bonds. The van der Waals surface area contributed by atoms with Crippen molar-refractivity contribution in [2.24, 2.45) is 5.73 Å². The number of hydrogen-bond donors (Lipinski definition) is 2. The third kappa shape index (κ3) is 7.10. The maximum Gasteiger partial charge on any atom is 0.331 e. The Morgan fingerprint density at radius 2 is 1.63 bits per heavy atom. The Kier molecular flexibility index (Phi) is 11.7. The molecule has 3 N–H and O–H groups in total. The van der Waals surface area contributed by atoms with Crippen molar-refractivity contribution in [1.29, 1.82) is 5.41 Å². The van der Waals surface area contributed by atoms with Gasteiger partial charge in [-0.15, -0.1) is 24.8 Å². The second-order valence-corrected chi connectivity index (χ2v) is 12.7. The van der Waals surface area contributed by atoms with Crippen molar-refractivity contribution in [3.8, 4) is 0 Å². The molecule has 3 aromatic carbocycles. The van der Waals surface area contributed by atoms with Crippen molar-refractivity contribution in [3.05, 3.63) is 111 Å². The van der Waals surface area contributed by atoms with Crippen molar-refractivity contribution in [2.45, 2.75) is 31.3 Å². The Bertz CT molecular complexity index is 2090. The second-order valence-electron chi connectivity index (χ2n) is 10.8. The van der Waals surface area contributed by atoms with Gasteiger partial charge in [0.05, 0.1) is 28.7 Å². The maximum atomic E-state index is 14.3. The normalized spacial score (nSPS) is 11.3. The molecule has 0 radical (unpaired) electrons. The number of anilines is 1. The Morgan fingerprint density at radius 3 is 2.28 bits per heavy atom. The van der Waals surface area contributed by atoms with E-state index in [1.165, 1.54) is 13.4 Å². The number of nitrogen functional groups attached to an aromatic ring is 1. The average molecular weight is 687 g/mol. The number of fused-ring (bicyclic) bond motifs is 2. The van der Waals surface area contributed by atoms with Gasteiger partial charge in [-0.25, -0.2) is 13.2 Å². The zero-order chi connectivity index (χ0) is 31.6. The highest BCUT2D eigenvalue weighted by atomic mass is 35.5. The van der Waals surface area contributed by atoms with Gasteiger partial charge in [0.1, 0.15) is 10.7 Å². The first kappa shape index (κ1) is 36.2. The lowest BCUT2D eigenvalue weighted by molar-refractivity contribution is 0.419. The highest BCUT2D eigenvalue weighted by Crippen LogP contribution is 2.29. The smallest absolute Gasteiger partial charge is 0.331 e. The van der Waals surface area contributed by atoms with Crippen LogP contribution in [0.25, 0.3) is 21.8 Å². The molecule has 5 aromatic rings. The highest BCUT2D eigenvalue weighted by Gasteiger charge is 2.28. The van der Waals surface area contributed by atoms with E-state index in [1.807, 2.05) is 38.1 Å². The van der Waals surface area contributed by atoms with Crippen molar-refractivity contribution < 1.29 is 8.42 Å². The average Bonchev–Trinajstić information content (AvgIpc) is 3.01. The van der Waals surface area contributed by atoms with Crippen LogP contribution in [0.3, 0.4) is 0 Å². The molecule has 2 heterocycles. The van der Waals surface area contributed by atoms with Gasteiger partial charge in [0.15, 0.2) is 0 Å². The minimum absolute atomic E-state index is 0. The van der Waals surface area contributed by atoms with Crippen LogP contribution in [-0.4, -0.2) is 60.5 Å². The number of pyridine rings is 1. The summed E-state index contributed by atoms with van der Waals surface area (Å²) in [7, 11) is -0.378. The fourth-order valence-electron chi connectivity index (χ4n) is 5.19. The number of sulfonamides is 1. The number of nitrogens with two attached hydrogens (primary N) is 1. The number of halogens is 2. The third-order valence-corrected chi connectivity index (χ3v) is 9.32. The lowest BCUT2D eigenvalue weighted by atomic mass is 10.1. The summed E-state index contributed by atoms with van der Waals surface area (Å²) in [6, 6.07) is 20.3. The molecule has 46 heavy (non-hydrogen) atoms. The number of aryl methyl sites for hydroxylation is 1. The predicted molar refractivity (Wildman–Crippen MR) is 189 cm³/mol. The molecule has 5 rings (SSSR count). The molecule has 2 aromatic heterocycles. The second kappa shape index (κ2) is 14.9. The van der Waals surface area contributed by atoms with E-state index in [1.54, 1.807) is 66.9 Å². The first-order valence-corrected chi connectivity index (χ1v) is 15.7. The fourth-order valence-corrected chi connectivity index (χ4v) is 6.81. The van der Waals surface area contributed by atoms with Crippen LogP contribution in [0.4, 0.5) is 5.69 Å². The molecule has 0 spiro atoms. The largest absolute Gasteiger partial charge is 0.384 e. The molecule has 11 nitrogen and oxygen atoms in total. The predicted octanol–water partition coefficient (Wildman–Crippen LogP) is 4.05. The zero-order valence-corrected chi connectivity index (χ0v) is 28.2. The molecule has 0 unspecified atom stereocenters. The molecular formula is C32H37Cl2N7O4S. The number of amidine groups is 1. The summed E-state index contributed by atoms with van der Waals surface area (Å²) in [5.41, 5.74) is 6.93. The number of likely N-dealkylation sites (N-methyl/N-ethyl adjacent to an activating group) is 1. The standard InChI is InChI=1S/C32H35N7O4S.2ClH/c1-4-17-37-27-20-25(14-15-26(27)31(40)38(32(37)41)21-22-10-12-24(13-11-22)30(33)34)39(19-18-36(2)3)44(42,43)28-9-5-7-23-8-6-16-35-29(23)28;;/h5-16,20H,4,17-19,21H2,1-3H3,(H3,33,34);2*1H. The lowest BCUT2D eigenvalue weighted by Gasteiger charge is -2.27. The van der Waals surface area contributed by atoms with Crippen LogP contribution in [0.5, 0.6) is 0 Å². The van der Waals surface area contributed by atoms with Crippen LogP contribution in [0.15, 0.2) is 93.5 Å². The van der Waals surface area contributed by atoms with E-state index in [2.05, 4.69) is 4.98 Å². The van der Waals surface area contributed by atoms with Gasteiger partial charge < -0.3 is 10.6 Å². The van der Waals surface area contributed by atoms with Gasteiger partial charge in [0.25, 0.3) is 15.6 Å². The minimum atomic E-state index is -4.10. The molecule has 244 valence electrons. The van der Waals surface area contributed by atoms with Crippen LogP contribution < -0.4 is 21.3 Å². The number of hydrogen-bond acceptors (Lipinski definition) is 7. The maximum absolute atomic E-state index is 14.3. The van der Waals surface area contributed by atoms with Crippen LogP contribution in [0.2, 0.25) is 0 Å². The molecule has 0 atom stereocenters. The molecule has 0 saturated carbocycles. The highest BCUT2D eigenvalue weighted by molar-refractivity contribution is 7.93. The lowest BCUT2D eigenvalue weighted by Crippen LogP contribution is -2.41. The summed E-state index contributed by atoms with van der Waals surface area (Å²) in [4.78, 5) is 33.8. The van der Waals surface area contributed by atoms with Crippen molar-refractivity contribution in [3.63, 3.8) is 0 Å². The molecule has 0 bridgehead atoms. The van der Waals surface area contributed by atoms with Gasteiger partial charge in [0.2, 0.25) is 0 Å². The molecule has 0 fully saturated rings. The molecule has 0 aliphatic carbocycles. The van der Waals surface area contributed by atoms with Crippen LogP contribution >= 0.6 is 24.8 Å². The summed E-state index contributed by atoms with van der Waals surface area (Å²) in [6.07, 6.45) is 2.18. The van der Waals surface area contributed by atoms with Crippen molar-refractivity contribution in [1.82, 2.24) is 19.0 Å². The number of nitrogens with one attached hydrogen (secondary N) is 1. The number of benzene rings is 3. The Labute approximate surface area is 279 Å². The van der Waals surface area contributed by atoms with E-state index in [-0.39, 0.29) is 48.6 Å². The van der Waals surface area contributed by atoms with Crippen LogP contribution in [-0.2, 0) is 23.1 Å². The van der Waals surface area contributed by atoms with Gasteiger partial charge in [-0.1, -0.05) is 49.4 Å². The molecule has 0 aliphatic heterocycles. The molecular weight excluding hydrogens is 649 g/mol. The summed E-state index contributed by atoms with van der Waals surface area (Å²) >= 11 is 0. The summed E-state index contributed by atoms with van der Waals surface area (Å²) in [5.74, 6) is -0.0705. The van der Waals surface area contributed by atoms with E-state index in [4.69, 9.17) is 11.1 Å². The number of rotatable bonds is 11. The van der Waals surface area contributed by atoms with Crippen molar-refractivity contribution in [2.75, 3.05) is 31.5 Å². The van der Waals surface area contributed by atoms with E-state index < -0.39 is 21.3 Å². The monoisotopic (exact) mass is 685 g/mol. The Hall–Kier alpha value is -4.23. The van der Waals surface area contributed by atoms with E-state index in [0.29, 0.717) is 58.1 Å². The van der Waals surface area contributed by atoms with Crippen molar-refractivity contribution >= 4 is 68.2 Å². The van der Waals surface area contributed by atoms with E-state index in [0.717, 1.165) is 0 Å². The SMILES string of the molecule is CCCn1c(=O)n(Cc2ccc(C(=N)N)cc2)c(=O)c2ccc(N(CCN(C)C)S(=O)(=O)c3cccc4cccnc34)cc21.Cl.Cl. The first-order chi connectivity index (χ1) is 21.0. The quantitative estimate of drug-likeness (QED) is 0.157. The Morgan fingerprint density at radius 1 is 0.935 bits per heavy atom. The zero-order valence-electron chi connectivity index (χ0n) is 25.7. The van der Waals surface area contributed by atoms with Gasteiger partial charge in [-0.05, 0) is 56.4 Å². The number of aromatic nitrogens is 3. The first-order valence-electron chi connectivity index (χ1n) is 14.2.